The Morgan fingerprint density at radius 1 is 1.24 bits per heavy atom. The van der Waals surface area contributed by atoms with Crippen LogP contribution < -0.4 is 10.2 Å². The van der Waals surface area contributed by atoms with E-state index in [1.54, 1.807) is 0 Å². The van der Waals surface area contributed by atoms with Gasteiger partial charge in [-0.15, -0.1) is 0 Å². The molecule has 1 aromatic carbocycles. The van der Waals surface area contributed by atoms with E-state index in [-0.39, 0.29) is 0 Å². The maximum Gasteiger partial charge on any atom is 0.0438 e. The van der Waals surface area contributed by atoms with E-state index in [0.29, 0.717) is 18.0 Å². The Labute approximate surface area is 130 Å². The van der Waals surface area contributed by atoms with E-state index in [0.717, 1.165) is 19.0 Å². The molecular weight excluding hydrogens is 256 g/mol. The number of hydrogen-bond acceptors (Lipinski definition) is 2. The minimum Gasteiger partial charge on any atom is -0.365 e. The van der Waals surface area contributed by atoms with E-state index < -0.39 is 0 Å². The Hall–Kier alpha value is -1.02. The van der Waals surface area contributed by atoms with Crippen molar-refractivity contribution in [1.29, 1.82) is 0 Å². The van der Waals surface area contributed by atoms with Crippen molar-refractivity contribution in [2.24, 2.45) is 11.8 Å². The first-order valence-corrected chi connectivity index (χ1v) is 8.51. The molecule has 1 fully saturated rings. The third-order valence-corrected chi connectivity index (χ3v) is 5.16. The second-order valence-electron chi connectivity index (χ2n) is 7.15. The number of rotatable bonds is 4. The summed E-state index contributed by atoms with van der Waals surface area (Å²) in [7, 11) is 0. The van der Waals surface area contributed by atoms with Crippen molar-refractivity contribution in [3.63, 3.8) is 0 Å². The standard InChI is InChI=1S/C19H32N2/c1-7-15(5)17-12-21(19(11-20-17)13(2)3)18-10-14(4)8-9-16(18)6/h8-10,13,15,17,19-20H,7,11-12H2,1-6H3. The molecule has 1 heterocycles. The Morgan fingerprint density at radius 3 is 2.57 bits per heavy atom. The van der Waals surface area contributed by atoms with Crippen molar-refractivity contribution in [3.05, 3.63) is 29.3 Å². The molecular formula is C19H32N2. The molecule has 2 nitrogen and oxygen atoms in total. The van der Waals surface area contributed by atoms with Crippen LogP contribution in [0.1, 0.15) is 45.2 Å². The van der Waals surface area contributed by atoms with Gasteiger partial charge in [0.2, 0.25) is 0 Å². The fraction of sp³-hybridized carbons (Fsp3) is 0.684. The molecule has 0 amide bonds. The number of hydrogen-bond donors (Lipinski definition) is 1. The van der Waals surface area contributed by atoms with Crippen molar-refractivity contribution in [2.75, 3.05) is 18.0 Å². The SMILES string of the molecule is CCC(C)C1CN(c2cc(C)ccc2C)C(C(C)C)CN1. The lowest BCUT2D eigenvalue weighted by molar-refractivity contribution is 0.281. The monoisotopic (exact) mass is 288 g/mol. The van der Waals surface area contributed by atoms with Gasteiger partial charge >= 0.3 is 0 Å². The van der Waals surface area contributed by atoms with Crippen molar-refractivity contribution in [2.45, 2.75) is 60.0 Å². The van der Waals surface area contributed by atoms with E-state index in [1.165, 1.54) is 23.2 Å². The number of anilines is 1. The summed E-state index contributed by atoms with van der Waals surface area (Å²) in [6.07, 6.45) is 1.24. The second kappa shape index (κ2) is 6.83. The maximum absolute atomic E-state index is 3.79. The smallest absolute Gasteiger partial charge is 0.0438 e. The van der Waals surface area contributed by atoms with Gasteiger partial charge in [0.1, 0.15) is 0 Å². The molecule has 0 bridgehead atoms. The number of benzene rings is 1. The van der Waals surface area contributed by atoms with E-state index in [4.69, 9.17) is 0 Å². The summed E-state index contributed by atoms with van der Waals surface area (Å²) in [4.78, 5) is 2.67. The summed E-state index contributed by atoms with van der Waals surface area (Å²) in [6, 6.07) is 8.04. The zero-order chi connectivity index (χ0) is 15.6. The molecule has 3 unspecified atom stereocenters. The van der Waals surface area contributed by atoms with E-state index in [9.17, 15) is 0 Å². The van der Waals surface area contributed by atoms with Crippen LogP contribution in [0.4, 0.5) is 5.69 Å². The minimum absolute atomic E-state index is 0.589. The molecule has 1 N–H and O–H groups in total. The number of piperazine rings is 1. The Kier molecular flexibility index (Phi) is 5.32. The maximum atomic E-state index is 3.79. The van der Waals surface area contributed by atoms with Crippen LogP contribution in [-0.4, -0.2) is 25.2 Å². The van der Waals surface area contributed by atoms with Gasteiger partial charge in [-0.3, -0.25) is 0 Å². The number of aryl methyl sites for hydroxylation is 2. The largest absolute Gasteiger partial charge is 0.365 e. The van der Waals surface area contributed by atoms with Gasteiger partial charge in [0.05, 0.1) is 0 Å². The summed E-state index contributed by atoms with van der Waals surface area (Å²) >= 11 is 0. The fourth-order valence-corrected chi connectivity index (χ4v) is 3.36. The minimum atomic E-state index is 0.589. The van der Waals surface area contributed by atoms with Crippen LogP contribution in [0.2, 0.25) is 0 Å². The summed E-state index contributed by atoms with van der Waals surface area (Å²) in [5.41, 5.74) is 4.19. The highest BCUT2D eigenvalue weighted by molar-refractivity contribution is 5.56. The van der Waals surface area contributed by atoms with E-state index >= 15 is 0 Å². The first kappa shape index (κ1) is 16.4. The first-order valence-electron chi connectivity index (χ1n) is 8.51. The van der Waals surface area contributed by atoms with Crippen LogP contribution in [-0.2, 0) is 0 Å². The predicted molar refractivity (Wildman–Crippen MR) is 93.1 cm³/mol. The van der Waals surface area contributed by atoms with Crippen molar-refractivity contribution < 1.29 is 0 Å². The Balaban J connectivity index is 2.31. The van der Waals surface area contributed by atoms with Crippen LogP contribution in [0, 0.1) is 25.7 Å². The molecule has 0 spiro atoms. The van der Waals surface area contributed by atoms with Gasteiger partial charge < -0.3 is 10.2 Å². The van der Waals surface area contributed by atoms with Gasteiger partial charge in [-0.05, 0) is 42.9 Å². The highest BCUT2D eigenvalue weighted by Crippen LogP contribution is 2.29. The highest BCUT2D eigenvalue weighted by atomic mass is 15.2. The van der Waals surface area contributed by atoms with Gasteiger partial charge in [-0.25, -0.2) is 0 Å². The van der Waals surface area contributed by atoms with Crippen molar-refractivity contribution in [3.8, 4) is 0 Å². The fourth-order valence-electron chi connectivity index (χ4n) is 3.36. The molecule has 21 heavy (non-hydrogen) atoms. The van der Waals surface area contributed by atoms with Crippen LogP contribution in [0.15, 0.2) is 18.2 Å². The molecule has 1 saturated heterocycles. The van der Waals surface area contributed by atoms with Gasteiger partial charge in [0.15, 0.2) is 0 Å². The lowest BCUT2D eigenvalue weighted by Crippen LogP contribution is -2.60. The van der Waals surface area contributed by atoms with Gasteiger partial charge in [0.25, 0.3) is 0 Å². The quantitative estimate of drug-likeness (QED) is 0.895. The average molecular weight is 288 g/mol. The highest BCUT2D eigenvalue weighted by Gasteiger charge is 2.32. The number of nitrogens with zero attached hydrogens (tertiary/aromatic N) is 1. The molecule has 118 valence electrons. The summed E-state index contributed by atoms with van der Waals surface area (Å²) < 4.78 is 0. The van der Waals surface area contributed by atoms with Gasteiger partial charge in [0, 0.05) is 30.9 Å². The Bertz CT molecular complexity index is 467. The topological polar surface area (TPSA) is 15.3 Å². The molecule has 3 atom stereocenters. The van der Waals surface area contributed by atoms with Crippen molar-refractivity contribution >= 4 is 5.69 Å². The summed E-state index contributed by atoms with van der Waals surface area (Å²) in [5, 5.41) is 3.79. The zero-order valence-electron chi connectivity index (χ0n) is 14.6. The molecule has 1 aromatic rings. The molecule has 0 aromatic heterocycles. The third kappa shape index (κ3) is 3.60. The molecule has 0 radical (unpaired) electrons. The lowest BCUT2D eigenvalue weighted by Gasteiger charge is -2.46. The van der Waals surface area contributed by atoms with Gasteiger partial charge in [-0.2, -0.15) is 0 Å². The second-order valence-corrected chi connectivity index (χ2v) is 7.15. The lowest BCUT2D eigenvalue weighted by atomic mass is 9.91. The molecule has 1 aliphatic rings. The third-order valence-electron chi connectivity index (χ3n) is 5.16. The molecule has 2 rings (SSSR count). The van der Waals surface area contributed by atoms with Gasteiger partial charge in [-0.1, -0.05) is 46.2 Å². The first-order chi connectivity index (χ1) is 9.93. The average Bonchev–Trinajstić information content (AvgIpc) is 2.48. The normalized spacial score (nSPS) is 24.4. The predicted octanol–water partition coefficient (Wildman–Crippen LogP) is 4.15. The van der Waals surface area contributed by atoms with Crippen molar-refractivity contribution in [1.82, 2.24) is 5.32 Å². The van der Waals surface area contributed by atoms with Crippen LogP contribution in [0.25, 0.3) is 0 Å². The number of nitrogens with one attached hydrogen (secondary N) is 1. The Morgan fingerprint density at radius 2 is 1.95 bits per heavy atom. The summed E-state index contributed by atoms with van der Waals surface area (Å²) in [6.45, 7) is 16.0. The van der Waals surface area contributed by atoms with Crippen LogP contribution in [0.5, 0.6) is 0 Å². The molecule has 2 heteroatoms. The van der Waals surface area contributed by atoms with Crippen LogP contribution >= 0.6 is 0 Å². The van der Waals surface area contributed by atoms with E-state index in [1.807, 2.05) is 0 Å². The zero-order valence-corrected chi connectivity index (χ0v) is 14.6. The van der Waals surface area contributed by atoms with E-state index in [2.05, 4.69) is 70.0 Å². The molecule has 1 aliphatic heterocycles. The van der Waals surface area contributed by atoms with Crippen LogP contribution in [0.3, 0.4) is 0 Å². The molecule has 0 saturated carbocycles. The molecule has 0 aliphatic carbocycles. The summed E-state index contributed by atoms with van der Waals surface area (Å²) in [5.74, 6) is 1.39.